The van der Waals surface area contributed by atoms with Crippen LogP contribution in [0.25, 0.3) is 0 Å². The maximum Gasteiger partial charge on any atom is 0.234 e. The van der Waals surface area contributed by atoms with Crippen LogP contribution in [0.2, 0.25) is 0 Å². The number of carbonyl (C=O) groups excluding carboxylic acids is 1. The van der Waals surface area contributed by atoms with E-state index in [0.717, 1.165) is 24.6 Å². The maximum atomic E-state index is 12.2. The first kappa shape index (κ1) is 18.9. The number of ether oxygens (including phenoxy) is 2. The molecular formula is C19H25N5O3S. The van der Waals surface area contributed by atoms with Gasteiger partial charge in [0.25, 0.3) is 0 Å². The average Bonchev–Trinajstić information content (AvgIpc) is 3.32. The highest BCUT2D eigenvalue weighted by Crippen LogP contribution is 2.34. The summed E-state index contributed by atoms with van der Waals surface area (Å²) < 4.78 is 12.1. The second-order valence-electron chi connectivity index (χ2n) is 7.22. The molecule has 2 aliphatic rings. The van der Waals surface area contributed by atoms with Crippen molar-refractivity contribution in [2.75, 3.05) is 23.7 Å². The van der Waals surface area contributed by atoms with Gasteiger partial charge in [-0.15, -0.1) is 10.2 Å². The van der Waals surface area contributed by atoms with Crippen molar-refractivity contribution in [3.05, 3.63) is 24.0 Å². The molecule has 2 heterocycles. The number of hydrogen-bond donors (Lipinski definition) is 2. The van der Waals surface area contributed by atoms with E-state index in [2.05, 4.69) is 15.5 Å². The number of aryl methyl sites for hydroxylation is 1. The molecule has 0 radical (unpaired) electrons. The van der Waals surface area contributed by atoms with E-state index in [1.165, 1.54) is 48.5 Å². The third kappa shape index (κ3) is 4.52. The van der Waals surface area contributed by atoms with E-state index in [1.54, 1.807) is 18.2 Å². The summed E-state index contributed by atoms with van der Waals surface area (Å²) in [6.07, 6.45) is 8.57. The molecule has 0 spiro atoms. The molecule has 1 aromatic heterocycles. The minimum atomic E-state index is -0.143. The first-order valence-electron chi connectivity index (χ1n) is 9.71. The maximum absolute atomic E-state index is 12.2. The Morgan fingerprint density at radius 1 is 1.21 bits per heavy atom. The lowest BCUT2D eigenvalue weighted by atomic mass is 9.86. The van der Waals surface area contributed by atoms with Crippen LogP contribution < -0.4 is 20.6 Å². The average molecular weight is 404 g/mol. The number of nitrogen functional groups attached to an aromatic ring is 1. The van der Waals surface area contributed by atoms with Crippen LogP contribution >= 0.6 is 11.8 Å². The Balaban J connectivity index is 1.26. The van der Waals surface area contributed by atoms with Crippen LogP contribution in [0.4, 0.5) is 5.69 Å². The fourth-order valence-corrected chi connectivity index (χ4v) is 4.36. The zero-order chi connectivity index (χ0) is 19.3. The summed E-state index contributed by atoms with van der Waals surface area (Å²) in [5.41, 5.74) is 0.664. The van der Waals surface area contributed by atoms with Crippen molar-refractivity contribution in [3.63, 3.8) is 0 Å². The van der Waals surface area contributed by atoms with Crippen molar-refractivity contribution < 1.29 is 14.3 Å². The largest absolute Gasteiger partial charge is 0.454 e. The molecule has 2 aromatic rings. The monoisotopic (exact) mass is 403 g/mol. The van der Waals surface area contributed by atoms with Crippen molar-refractivity contribution in [1.29, 1.82) is 0 Å². The van der Waals surface area contributed by atoms with Gasteiger partial charge in [0.2, 0.25) is 17.9 Å². The lowest BCUT2D eigenvalue weighted by Gasteiger charge is -2.20. The molecule has 1 aromatic carbocycles. The number of nitrogens with one attached hydrogen (secondary N) is 1. The fraction of sp³-hybridized carbons (Fsp3) is 0.526. The number of anilines is 1. The summed E-state index contributed by atoms with van der Waals surface area (Å²) in [5, 5.41) is 11.7. The van der Waals surface area contributed by atoms with Gasteiger partial charge in [0.1, 0.15) is 0 Å². The van der Waals surface area contributed by atoms with Gasteiger partial charge in [0.05, 0.1) is 5.75 Å². The van der Waals surface area contributed by atoms with Gasteiger partial charge in [-0.05, 0) is 24.5 Å². The first-order chi connectivity index (χ1) is 13.7. The van der Waals surface area contributed by atoms with Gasteiger partial charge in [-0.1, -0.05) is 43.9 Å². The lowest BCUT2D eigenvalue weighted by Crippen LogP contribution is -2.18. The molecule has 0 atom stereocenters. The number of nitrogens with two attached hydrogens (primary N) is 1. The molecule has 1 amide bonds. The quantitative estimate of drug-likeness (QED) is 0.541. The normalized spacial score (nSPS) is 16.3. The van der Waals surface area contributed by atoms with Crippen LogP contribution in [0.5, 0.6) is 11.5 Å². The number of hydrogen-bond acceptors (Lipinski definition) is 7. The van der Waals surface area contributed by atoms with Gasteiger partial charge in [0, 0.05) is 18.2 Å². The van der Waals surface area contributed by atoms with Crippen LogP contribution in [-0.2, 0) is 11.2 Å². The second kappa shape index (κ2) is 8.72. The number of rotatable bonds is 7. The molecule has 0 bridgehead atoms. The number of amides is 1. The van der Waals surface area contributed by atoms with E-state index in [-0.39, 0.29) is 18.5 Å². The van der Waals surface area contributed by atoms with Crippen LogP contribution in [-0.4, -0.2) is 33.3 Å². The summed E-state index contributed by atoms with van der Waals surface area (Å²) in [6.45, 7) is 0.206. The van der Waals surface area contributed by atoms with Crippen molar-refractivity contribution in [2.45, 2.75) is 50.1 Å². The van der Waals surface area contributed by atoms with Gasteiger partial charge >= 0.3 is 0 Å². The standard InChI is InChI=1S/C19H25N5O3S/c20-24-17(9-6-13-4-2-1-3-5-13)22-23-19(24)28-11-18(25)21-14-7-8-15-16(10-14)27-12-26-15/h7-8,10,13H,1-6,9,11-12,20H2,(H,21,25). The van der Waals surface area contributed by atoms with Gasteiger partial charge in [0.15, 0.2) is 17.3 Å². The van der Waals surface area contributed by atoms with E-state index in [1.807, 2.05) is 0 Å². The van der Waals surface area contributed by atoms with Gasteiger partial charge < -0.3 is 20.6 Å². The Labute approximate surface area is 168 Å². The molecular weight excluding hydrogens is 378 g/mol. The predicted molar refractivity (Wildman–Crippen MR) is 107 cm³/mol. The van der Waals surface area contributed by atoms with Gasteiger partial charge in [-0.3, -0.25) is 4.79 Å². The number of fused-ring (bicyclic) bond motifs is 1. The molecule has 1 aliphatic heterocycles. The third-order valence-corrected chi connectivity index (χ3v) is 6.17. The molecule has 1 fully saturated rings. The molecule has 28 heavy (non-hydrogen) atoms. The highest BCUT2D eigenvalue weighted by Gasteiger charge is 2.18. The number of thioether (sulfide) groups is 1. The Bertz CT molecular complexity index is 835. The Hall–Kier alpha value is -2.42. The highest BCUT2D eigenvalue weighted by molar-refractivity contribution is 7.99. The van der Waals surface area contributed by atoms with Crippen LogP contribution in [0.1, 0.15) is 44.3 Å². The summed E-state index contributed by atoms with van der Waals surface area (Å²) in [7, 11) is 0. The SMILES string of the molecule is Nn1c(CCC2CCCCC2)nnc1SCC(=O)Nc1ccc2c(c1)OCO2. The van der Waals surface area contributed by atoms with Crippen molar-refractivity contribution in [1.82, 2.24) is 14.9 Å². The summed E-state index contributed by atoms with van der Waals surface area (Å²) >= 11 is 1.28. The van der Waals surface area contributed by atoms with Crippen molar-refractivity contribution >= 4 is 23.4 Å². The van der Waals surface area contributed by atoms with Crippen LogP contribution in [0, 0.1) is 5.92 Å². The molecule has 8 nitrogen and oxygen atoms in total. The molecule has 1 aliphatic carbocycles. The minimum absolute atomic E-state index is 0.143. The van der Waals surface area contributed by atoms with E-state index in [4.69, 9.17) is 15.3 Å². The van der Waals surface area contributed by atoms with E-state index in [0.29, 0.717) is 22.3 Å². The Kier molecular flexibility index (Phi) is 5.90. The molecule has 150 valence electrons. The molecule has 0 unspecified atom stereocenters. The molecule has 0 saturated heterocycles. The van der Waals surface area contributed by atoms with Crippen LogP contribution in [0.15, 0.2) is 23.4 Å². The number of benzene rings is 1. The predicted octanol–water partition coefficient (Wildman–Crippen LogP) is 2.96. The highest BCUT2D eigenvalue weighted by atomic mass is 32.2. The summed E-state index contributed by atoms with van der Waals surface area (Å²) in [6, 6.07) is 5.31. The zero-order valence-electron chi connectivity index (χ0n) is 15.7. The fourth-order valence-electron chi connectivity index (χ4n) is 3.69. The smallest absolute Gasteiger partial charge is 0.234 e. The number of aromatic nitrogens is 3. The lowest BCUT2D eigenvalue weighted by molar-refractivity contribution is -0.113. The third-order valence-electron chi connectivity index (χ3n) is 5.22. The van der Waals surface area contributed by atoms with Gasteiger partial charge in [-0.25, -0.2) is 4.68 Å². The molecule has 9 heteroatoms. The number of carbonyl (C=O) groups is 1. The number of nitrogens with zero attached hydrogens (tertiary/aromatic N) is 3. The first-order valence-corrected chi connectivity index (χ1v) is 10.7. The van der Waals surface area contributed by atoms with E-state index >= 15 is 0 Å². The zero-order valence-corrected chi connectivity index (χ0v) is 16.5. The molecule has 3 N–H and O–H groups in total. The van der Waals surface area contributed by atoms with Crippen molar-refractivity contribution in [2.24, 2.45) is 5.92 Å². The summed E-state index contributed by atoms with van der Waals surface area (Å²) in [5.74, 6) is 9.06. The van der Waals surface area contributed by atoms with E-state index in [9.17, 15) is 4.79 Å². The topological polar surface area (TPSA) is 104 Å². The molecule has 1 saturated carbocycles. The minimum Gasteiger partial charge on any atom is -0.454 e. The molecule has 4 rings (SSSR count). The Morgan fingerprint density at radius 3 is 2.89 bits per heavy atom. The Morgan fingerprint density at radius 2 is 2.04 bits per heavy atom. The van der Waals surface area contributed by atoms with Crippen molar-refractivity contribution in [3.8, 4) is 11.5 Å². The van der Waals surface area contributed by atoms with Gasteiger partial charge in [-0.2, -0.15) is 0 Å². The summed E-state index contributed by atoms with van der Waals surface area (Å²) in [4.78, 5) is 12.2. The second-order valence-corrected chi connectivity index (χ2v) is 8.16. The van der Waals surface area contributed by atoms with E-state index < -0.39 is 0 Å². The van der Waals surface area contributed by atoms with Crippen LogP contribution in [0.3, 0.4) is 0 Å².